The van der Waals surface area contributed by atoms with E-state index in [-0.39, 0.29) is 22.7 Å². The molecule has 0 spiro atoms. The van der Waals surface area contributed by atoms with Crippen LogP contribution < -0.4 is 5.32 Å². The number of tetrazole rings is 1. The van der Waals surface area contributed by atoms with Gasteiger partial charge in [0.25, 0.3) is 0 Å². The van der Waals surface area contributed by atoms with Crippen molar-refractivity contribution >= 4 is 17.2 Å². The lowest BCUT2D eigenvalue weighted by Crippen LogP contribution is -2.01. The average molecular weight is 286 g/mol. The number of H-pyrrole nitrogens is 1. The van der Waals surface area contributed by atoms with E-state index in [4.69, 9.17) is 5.26 Å². The Morgan fingerprint density at radius 1 is 1.57 bits per heavy atom. The molecule has 0 aliphatic carbocycles. The monoisotopic (exact) mass is 286 g/mol. The number of aromatic amines is 1. The first kappa shape index (κ1) is 14.0. The van der Waals surface area contributed by atoms with Crippen molar-refractivity contribution in [2.75, 3.05) is 12.4 Å². The molecule has 0 unspecified atom stereocenters. The maximum atomic E-state index is 11.3. The molecule has 0 bridgehead atoms. The first-order valence-electron chi connectivity index (χ1n) is 5.67. The number of benzene rings is 1. The number of carbonyl (C=O) groups is 1. The summed E-state index contributed by atoms with van der Waals surface area (Å²) in [5, 5.41) is 34.5. The molecule has 0 aliphatic heterocycles. The number of anilines is 1. The number of nitriles is 1. The highest BCUT2D eigenvalue weighted by molar-refractivity contribution is 5.90. The molecule has 2 rings (SSSR count). The van der Waals surface area contributed by atoms with Gasteiger partial charge in [-0.2, -0.15) is 10.5 Å². The first-order valence-corrected chi connectivity index (χ1v) is 5.67. The van der Waals surface area contributed by atoms with Gasteiger partial charge in [0.05, 0.1) is 18.4 Å². The molecule has 0 fully saturated rings. The molecule has 0 radical (unpaired) electrons. The highest BCUT2D eigenvalue weighted by atomic mass is 16.5. The summed E-state index contributed by atoms with van der Waals surface area (Å²) in [6.45, 7) is 0. The van der Waals surface area contributed by atoms with Gasteiger partial charge in [0.1, 0.15) is 17.4 Å². The number of hydrogen-bond donors (Lipinski definition) is 3. The molecule has 0 saturated carbocycles. The van der Waals surface area contributed by atoms with Gasteiger partial charge in [0.2, 0.25) is 5.82 Å². The second-order valence-electron chi connectivity index (χ2n) is 3.77. The molecule has 0 aliphatic rings. The number of rotatable bonds is 4. The average Bonchev–Trinajstić information content (AvgIpc) is 3.02. The summed E-state index contributed by atoms with van der Waals surface area (Å²) in [5.41, 5.74) is 0.641. The molecular weight excluding hydrogens is 276 g/mol. The Kier molecular flexibility index (Phi) is 4.11. The van der Waals surface area contributed by atoms with E-state index in [1.807, 2.05) is 6.07 Å². The fourth-order valence-corrected chi connectivity index (χ4v) is 1.47. The number of aromatic hydroxyl groups is 1. The summed E-state index contributed by atoms with van der Waals surface area (Å²) in [7, 11) is 1.25. The van der Waals surface area contributed by atoms with Crippen LogP contribution in [0.25, 0.3) is 5.57 Å². The molecular formula is C12H10N6O3. The third-order valence-corrected chi connectivity index (χ3v) is 2.50. The van der Waals surface area contributed by atoms with Crippen LogP contribution in [0.4, 0.5) is 5.69 Å². The number of esters is 1. The second kappa shape index (κ2) is 6.16. The zero-order valence-electron chi connectivity index (χ0n) is 10.9. The van der Waals surface area contributed by atoms with Crippen LogP contribution in [0.5, 0.6) is 5.75 Å². The van der Waals surface area contributed by atoms with Crippen molar-refractivity contribution in [2.45, 2.75) is 0 Å². The number of phenols is 1. The normalized spacial score (nSPS) is 10.8. The van der Waals surface area contributed by atoms with E-state index < -0.39 is 5.97 Å². The molecule has 9 heteroatoms. The minimum absolute atomic E-state index is 0.121. The number of hydrogen-bond acceptors (Lipinski definition) is 8. The molecule has 2 aromatic rings. The quantitative estimate of drug-likeness (QED) is 0.423. The van der Waals surface area contributed by atoms with E-state index in [2.05, 4.69) is 30.7 Å². The van der Waals surface area contributed by atoms with E-state index >= 15 is 0 Å². The third-order valence-electron chi connectivity index (χ3n) is 2.50. The lowest BCUT2D eigenvalue weighted by molar-refractivity contribution is 0.0600. The third kappa shape index (κ3) is 3.13. The van der Waals surface area contributed by atoms with Crippen LogP contribution in [0.2, 0.25) is 0 Å². The van der Waals surface area contributed by atoms with Gasteiger partial charge in [-0.05, 0) is 23.4 Å². The fourth-order valence-electron chi connectivity index (χ4n) is 1.47. The summed E-state index contributed by atoms with van der Waals surface area (Å²) in [6.07, 6.45) is 1.32. The first-order chi connectivity index (χ1) is 10.2. The summed E-state index contributed by atoms with van der Waals surface area (Å²) in [5.74, 6) is -0.605. The number of nitrogens with zero attached hydrogens (tertiary/aromatic N) is 4. The van der Waals surface area contributed by atoms with Gasteiger partial charge in [0, 0.05) is 6.20 Å². The Hall–Kier alpha value is -3.41. The largest absolute Gasteiger partial charge is 0.506 e. The van der Waals surface area contributed by atoms with Gasteiger partial charge in [-0.3, -0.25) is 0 Å². The molecule has 9 nitrogen and oxygen atoms in total. The summed E-state index contributed by atoms with van der Waals surface area (Å²) in [4.78, 5) is 11.3. The molecule has 0 amide bonds. The Labute approximate surface area is 118 Å². The number of aromatic nitrogens is 4. The van der Waals surface area contributed by atoms with Crippen molar-refractivity contribution < 1.29 is 14.6 Å². The van der Waals surface area contributed by atoms with Gasteiger partial charge in [-0.15, -0.1) is 10.2 Å². The number of carbonyl (C=O) groups excluding carboxylic acids is 1. The van der Waals surface area contributed by atoms with Crippen molar-refractivity contribution in [1.29, 1.82) is 5.26 Å². The Morgan fingerprint density at radius 3 is 2.95 bits per heavy atom. The number of phenolic OH excluding ortho intramolecular Hbond substituents is 1. The lowest BCUT2D eigenvalue weighted by Gasteiger charge is -2.06. The Morgan fingerprint density at radius 2 is 2.38 bits per heavy atom. The fraction of sp³-hybridized carbons (Fsp3) is 0.0833. The summed E-state index contributed by atoms with van der Waals surface area (Å²) < 4.78 is 4.54. The zero-order valence-corrected chi connectivity index (χ0v) is 10.9. The van der Waals surface area contributed by atoms with E-state index in [0.717, 1.165) is 0 Å². The Balaban J connectivity index is 2.21. The van der Waals surface area contributed by atoms with Crippen LogP contribution in [0.15, 0.2) is 24.4 Å². The van der Waals surface area contributed by atoms with Gasteiger partial charge >= 0.3 is 5.97 Å². The molecule has 106 valence electrons. The second-order valence-corrected chi connectivity index (χ2v) is 3.77. The van der Waals surface area contributed by atoms with E-state index in [1.54, 1.807) is 0 Å². The predicted molar refractivity (Wildman–Crippen MR) is 70.8 cm³/mol. The van der Waals surface area contributed by atoms with Crippen molar-refractivity contribution in [2.24, 2.45) is 0 Å². The van der Waals surface area contributed by atoms with Gasteiger partial charge in [0.15, 0.2) is 0 Å². The molecule has 1 aromatic heterocycles. The van der Waals surface area contributed by atoms with Gasteiger partial charge in [-0.1, -0.05) is 0 Å². The molecule has 0 atom stereocenters. The number of allylic oxidation sites excluding steroid dienone is 1. The van der Waals surface area contributed by atoms with Crippen molar-refractivity contribution in [1.82, 2.24) is 20.6 Å². The van der Waals surface area contributed by atoms with Crippen molar-refractivity contribution in [3.63, 3.8) is 0 Å². The van der Waals surface area contributed by atoms with Crippen LogP contribution in [0.3, 0.4) is 0 Å². The zero-order chi connectivity index (χ0) is 15.2. The van der Waals surface area contributed by atoms with Crippen molar-refractivity contribution in [3.8, 4) is 11.8 Å². The van der Waals surface area contributed by atoms with E-state index in [0.29, 0.717) is 5.69 Å². The standard InChI is InChI=1S/C12H10N6O3/c1-21-12(20)7-2-3-9(10(19)4-7)14-6-8(5-13)11-15-17-18-16-11/h2-4,6,14,19H,1H3,(H,15,16,17,18). The van der Waals surface area contributed by atoms with Gasteiger partial charge < -0.3 is 15.2 Å². The summed E-state index contributed by atoms with van der Waals surface area (Å²) >= 11 is 0. The molecule has 3 N–H and O–H groups in total. The number of nitrogens with one attached hydrogen (secondary N) is 2. The molecule has 0 saturated heterocycles. The molecule has 1 aromatic carbocycles. The van der Waals surface area contributed by atoms with E-state index in [1.165, 1.54) is 31.5 Å². The topological polar surface area (TPSA) is 137 Å². The maximum absolute atomic E-state index is 11.3. The van der Waals surface area contributed by atoms with Crippen LogP contribution in [-0.2, 0) is 4.74 Å². The van der Waals surface area contributed by atoms with Crippen LogP contribution in [0.1, 0.15) is 16.2 Å². The minimum Gasteiger partial charge on any atom is -0.506 e. The smallest absolute Gasteiger partial charge is 0.337 e. The number of methoxy groups -OCH3 is 1. The number of ether oxygens (including phenoxy) is 1. The van der Waals surface area contributed by atoms with Crippen LogP contribution in [-0.4, -0.2) is 38.8 Å². The highest BCUT2D eigenvalue weighted by Crippen LogP contribution is 2.25. The van der Waals surface area contributed by atoms with E-state index in [9.17, 15) is 9.90 Å². The predicted octanol–water partition coefficient (Wildman–Crippen LogP) is 0.668. The maximum Gasteiger partial charge on any atom is 0.337 e. The minimum atomic E-state index is -0.558. The lowest BCUT2D eigenvalue weighted by atomic mass is 10.2. The van der Waals surface area contributed by atoms with Gasteiger partial charge in [-0.25, -0.2) is 4.79 Å². The van der Waals surface area contributed by atoms with Crippen molar-refractivity contribution in [3.05, 3.63) is 35.8 Å². The Bertz CT molecular complexity index is 717. The summed E-state index contributed by atoms with van der Waals surface area (Å²) in [6, 6.07) is 6.09. The highest BCUT2D eigenvalue weighted by Gasteiger charge is 2.10. The van der Waals surface area contributed by atoms with Crippen LogP contribution >= 0.6 is 0 Å². The molecule has 21 heavy (non-hydrogen) atoms. The molecule has 1 heterocycles. The van der Waals surface area contributed by atoms with Crippen LogP contribution in [0, 0.1) is 11.3 Å². The SMILES string of the molecule is COC(=O)c1ccc(NC=C(C#N)c2nn[nH]n2)c(O)c1.